The van der Waals surface area contributed by atoms with Gasteiger partial charge in [-0.2, -0.15) is 0 Å². The van der Waals surface area contributed by atoms with Crippen LogP contribution >= 0.6 is 0 Å². The normalized spacial score (nSPS) is 26.7. The quantitative estimate of drug-likeness (QED) is 0.576. The topological polar surface area (TPSA) is 57.7 Å². The summed E-state index contributed by atoms with van der Waals surface area (Å²) in [6.07, 6.45) is 9.89. The summed E-state index contributed by atoms with van der Waals surface area (Å²) in [6, 6.07) is -0.457. The molecular weight excluding hydrogens is 256 g/mol. The van der Waals surface area contributed by atoms with Crippen molar-refractivity contribution in [3.05, 3.63) is 0 Å². The second-order valence-electron chi connectivity index (χ2n) is 6.22. The number of imide groups is 2. The zero-order valence-corrected chi connectivity index (χ0v) is 11.8. The van der Waals surface area contributed by atoms with Gasteiger partial charge in [0.1, 0.15) is 0 Å². The Morgan fingerprint density at radius 2 is 0.950 bits per heavy atom. The maximum absolute atomic E-state index is 12.5. The summed E-state index contributed by atoms with van der Waals surface area (Å²) in [7, 11) is 0. The Labute approximate surface area is 119 Å². The molecule has 3 aliphatic rings. The standard InChI is InChI=1S/C15H22N2O3/c18-13-14(19)17(12-9-5-2-6-10-12)15(20)16(13)11-7-3-1-4-8-11/h11-12H,1-10H2. The lowest BCUT2D eigenvalue weighted by Gasteiger charge is -2.31. The van der Waals surface area contributed by atoms with Crippen LogP contribution in [0.5, 0.6) is 0 Å². The van der Waals surface area contributed by atoms with Crippen LogP contribution in [-0.2, 0) is 9.59 Å². The van der Waals surface area contributed by atoms with Crippen molar-refractivity contribution in [2.24, 2.45) is 0 Å². The molecule has 1 saturated heterocycles. The van der Waals surface area contributed by atoms with E-state index in [2.05, 4.69) is 0 Å². The highest BCUT2D eigenvalue weighted by molar-refractivity contribution is 6.44. The van der Waals surface area contributed by atoms with Gasteiger partial charge in [0.05, 0.1) is 0 Å². The molecule has 2 saturated carbocycles. The molecule has 2 aliphatic carbocycles. The van der Waals surface area contributed by atoms with E-state index in [1.54, 1.807) is 0 Å². The fourth-order valence-corrected chi connectivity index (χ4v) is 3.82. The summed E-state index contributed by atoms with van der Waals surface area (Å²) in [5, 5.41) is 0. The van der Waals surface area contributed by atoms with Crippen molar-refractivity contribution >= 4 is 17.8 Å². The zero-order valence-electron chi connectivity index (χ0n) is 11.8. The first-order valence-electron chi connectivity index (χ1n) is 7.91. The lowest BCUT2D eigenvalue weighted by Crippen LogP contribution is -2.45. The van der Waals surface area contributed by atoms with Gasteiger partial charge in [0.2, 0.25) is 0 Å². The molecule has 3 fully saturated rings. The van der Waals surface area contributed by atoms with Crippen LogP contribution in [0, 0.1) is 0 Å². The van der Waals surface area contributed by atoms with Crippen molar-refractivity contribution in [1.29, 1.82) is 0 Å². The fourth-order valence-electron chi connectivity index (χ4n) is 3.82. The van der Waals surface area contributed by atoms with Gasteiger partial charge < -0.3 is 0 Å². The highest BCUT2D eigenvalue weighted by atomic mass is 16.2. The highest BCUT2D eigenvalue weighted by Gasteiger charge is 2.50. The molecule has 0 aromatic carbocycles. The molecule has 20 heavy (non-hydrogen) atoms. The summed E-state index contributed by atoms with van der Waals surface area (Å²) in [4.78, 5) is 39.4. The minimum Gasteiger partial charge on any atom is -0.263 e. The first kappa shape index (κ1) is 13.6. The Morgan fingerprint density at radius 3 is 1.30 bits per heavy atom. The first-order chi connectivity index (χ1) is 9.70. The van der Waals surface area contributed by atoms with E-state index < -0.39 is 11.8 Å². The minimum absolute atomic E-state index is 0.0544. The minimum atomic E-state index is -0.590. The van der Waals surface area contributed by atoms with Crippen molar-refractivity contribution < 1.29 is 14.4 Å². The summed E-state index contributed by atoms with van der Waals surface area (Å²) in [5.41, 5.74) is 0. The van der Waals surface area contributed by atoms with Gasteiger partial charge in [0.15, 0.2) is 0 Å². The molecule has 0 bridgehead atoms. The first-order valence-corrected chi connectivity index (χ1v) is 7.91. The number of carbonyl (C=O) groups is 3. The lowest BCUT2D eigenvalue weighted by atomic mass is 9.94. The summed E-state index contributed by atoms with van der Waals surface area (Å²) >= 11 is 0. The molecule has 1 heterocycles. The lowest BCUT2D eigenvalue weighted by molar-refractivity contribution is -0.145. The predicted octanol–water partition coefficient (Wildman–Crippen LogP) is 2.44. The van der Waals surface area contributed by atoms with Crippen LogP contribution in [0.4, 0.5) is 4.79 Å². The van der Waals surface area contributed by atoms with E-state index >= 15 is 0 Å². The SMILES string of the molecule is O=C1C(=O)N(C2CCCCC2)C(=O)N1C1CCCCC1. The molecule has 0 aromatic heterocycles. The molecule has 0 aromatic rings. The van der Waals surface area contributed by atoms with Crippen molar-refractivity contribution in [2.75, 3.05) is 0 Å². The molecule has 1 aliphatic heterocycles. The average molecular weight is 278 g/mol. The fraction of sp³-hybridized carbons (Fsp3) is 0.800. The largest absolute Gasteiger partial charge is 0.334 e. The molecule has 0 N–H and O–H groups in total. The third-order valence-electron chi connectivity index (χ3n) is 4.91. The van der Waals surface area contributed by atoms with Crippen LogP contribution in [0.15, 0.2) is 0 Å². The Balaban J connectivity index is 1.78. The Kier molecular flexibility index (Phi) is 3.76. The monoisotopic (exact) mass is 278 g/mol. The molecule has 0 radical (unpaired) electrons. The van der Waals surface area contributed by atoms with Crippen LogP contribution in [0.2, 0.25) is 0 Å². The number of nitrogens with zero attached hydrogens (tertiary/aromatic N) is 2. The zero-order chi connectivity index (χ0) is 14.1. The molecule has 3 rings (SSSR count). The number of carbonyl (C=O) groups excluding carboxylic acids is 3. The third-order valence-corrected chi connectivity index (χ3v) is 4.91. The van der Waals surface area contributed by atoms with Gasteiger partial charge in [-0.15, -0.1) is 0 Å². The maximum Gasteiger partial charge on any atom is 0.334 e. The van der Waals surface area contributed by atoms with Crippen molar-refractivity contribution in [3.8, 4) is 0 Å². The highest BCUT2D eigenvalue weighted by Crippen LogP contribution is 2.31. The van der Waals surface area contributed by atoms with E-state index in [9.17, 15) is 14.4 Å². The number of urea groups is 1. The van der Waals surface area contributed by atoms with E-state index in [4.69, 9.17) is 0 Å². The second-order valence-corrected chi connectivity index (χ2v) is 6.22. The average Bonchev–Trinajstić information content (AvgIpc) is 2.71. The van der Waals surface area contributed by atoms with E-state index in [0.717, 1.165) is 64.2 Å². The molecule has 5 nitrogen and oxygen atoms in total. The molecule has 110 valence electrons. The van der Waals surface area contributed by atoms with Crippen molar-refractivity contribution in [1.82, 2.24) is 9.80 Å². The number of amides is 4. The number of hydrogen-bond donors (Lipinski definition) is 0. The molecule has 5 heteroatoms. The van der Waals surface area contributed by atoms with Crippen molar-refractivity contribution in [3.63, 3.8) is 0 Å². The maximum atomic E-state index is 12.5. The van der Waals surface area contributed by atoms with Crippen LogP contribution in [0.25, 0.3) is 0 Å². The van der Waals surface area contributed by atoms with Gasteiger partial charge in [0, 0.05) is 12.1 Å². The molecule has 0 atom stereocenters. The van der Waals surface area contributed by atoms with Crippen LogP contribution in [-0.4, -0.2) is 39.7 Å². The van der Waals surface area contributed by atoms with Gasteiger partial charge in [-0.25, -0.2) is 4.79 Å². The van der Waals surface area contributed by atoms with Gasteiger partial charge in [-0.05, 0) is 25.7 Å². The van der Waals surface area contributed by atoms with Gasteiger partial charge in [0.25, 0.3) is 0 Å². The molecule has 4 amide bonds. The summed E-state index contributed by atoms with van der Waals surface area (Å²) in [6.45, 7) is 0. The Bertz CT molecular complexity index is 385. The molecule has 0 spiro atoms. The van der Waals surface area contributed by atoms with Crippen molar-refractivity contribution in [2.45, 2.75) is 76.3 Å². The van der Waals surface area contributed by atoms with E-state index in [1.165, 1.54) is 9.80 Å². The third kappa shape index (κ3) is 2.23. The Hall–Kier alpha value is -1.39. The van der Waals surface area contributed by atoms with E-state index in [-0.39, 0.29) is 18.1 Å². The molecule has 0 unspecified atom stereocenters. The Morgan fingerprint density at radius 1 is 0.600 bits per heavy atom. The van der Waals surface area contributed by atoms with Crippen LogP contribution in [0.3, 0.4) is 0 Å². The van der Waals surface area contributed by atoms with Gasteiger partial charge in [-0.3, -0.25) is 19.4 Å². The van der Waals surface area contributed by atoms with Gasteiger partial charge >= 0.3 is 17.8 Å². The molecular formula is C15H22N2O3. The smallest absolute Gasteiger partial charge is 0.263 e. The van der Waals surface area contributed by atoms with E-state index in [1.807, 2.05) is 0 Å². The van der Waals surface area contributed by atoms with Gasteiger partial charge in [-0.1, -0.05) is 38.5 Å². The predicted molar refractivity (Wildman–Crippen MR) is 72.8 cm³/mol. The van der Waals surface area contributed by atoms with Crippen LogP contribution in [0.1, 0.15) is 64.2 Å². The number of rotatable bonds is 2. The summed E-state index contributed by atoms with van der Waals surface area (Å²) < 4.78 is 0. The van der Waals surface area contributed by atoms with E-state index in [0.29, 0.717) is 0 Å². The second kappa shape index (κ2) is 5.54. The van der Waals surface area contributed by atoms with Crippen LogP contribution < -0.4 is 0 Å². The summed E-state index contributed by atoms with van der Waals surface area (Å²) in [5.74, 6) is -1.18. The number of hydrogen-bond acceptors (Lipinski definition) is 3.